The second kappa shape index (κ2) is 18.5. The van der Waals surface area contributed by atoms with Gasteiger partial charge in [-0.25, -0.2) is 4.68 Å². The Hall–Kier alpha value is -8.21. The van der Waals surface area contributed by atoms with Gasteiger partial charge in [-0.15, -0.1) is 0 Å². The van der Waals surface area contributed by atoms with Crippen LogP contribution in [-0.4, -0.2) is 69.0 Å². The molecule has 0 spiro atoms. The zero-order valence-electron chi connectivity index (χ0n) is 38.1. The van der Waals surface area contributed by atoms with E-state index in [9.17, 15) is 32.3 Å². The van der Waals surface area contributed by atoms with E-state index in [0.29, 0.717) is 68.9 Å². The first-order chi connectivity index (χ1) is 33.1. The van der Waals surface area contributed by atoms with Gasteiger partial charge in [-0.05, 0) is 98.1 Å². The molecule has 4 amide bonds. The van der Waals surface area contributed by atoms with Gasteiger partial charge in [-0.1, -0.05) is 66.2 Å². The van der Waals surface area contributed by atoms with Crippen molar-refractivity contribution >= 4 is 35.3 Å². The van der Waals surface area contributed by atoms with E-state index >= 15 is 0 Å². The highest BCUT2D eigenvalue weighted by molar-refractivity contribution is 6.05. The molecule has 0 saturated heterocycles. The van der Waals surface area contributed by atoms with Crippen molar-refractivity contribution in [2.75, 3.05) is 24.4 Å². The smallest absolute Gasteiger partial charge is 0.416 e. The molecular formula is C52H47F3N8O6. The zero-order chi connectivity index (χ0) is 48.7. The number of hydrogen-bond acceptors (Lipinski definition) is 8. The number of para-hydroxylation sites is 1. The molecule has 4 N–H and O–H groups in total. The fourth-order valence-electron chi connectivity index (χ4n) is 9.28. The Kier molecular flexibility index (Phi) is 12.3. The standard InChI is InChI=1S/C52H47F3N8O6/c1-28-11-9-13-34(25-28)48(64)57-45-43(40-29(2)60-62(4)46(40)58-50(45)66)33-19-22-38(39(27-33)68-5)69-24-23-31-12-10-14-35(26-31)49(65)56-44-42(32-17-20-36(21-18-32)52(53,54)55)41-30(3)61-63(47(41)59-51(44)67)37-15-7-6-8-16-37/h6-22,25-27,42-45H,23-24H2,1-5H3,(H,56,65)(H,57,64)(H,58,66)(H,59,67). The molecule has 4 unspecified atom stereocenters. The molecule has 5 aromatic carbocycles. The number of nitrogens with one attached hydrogen (secondary N) is 4. The fraction of sp³-hybridized carbons (Fsp3) is 0.231. The number of alkyl halides is 3. The van der Waals surface area contributed by atoms with Gasteiger partial charge in [0, 0.05) is 47.6 Å². The lowest BCUT2D eigenvalue weighted by molar-refractivity contribution is -0.137. The van der Waals surface area contributed by atoms with Crippen LogP contribution >= 0.6 is 0 Å². The van der Waals surface area contributed by atoms with Gasteiger partial charge in [-0.3, -0.25) is 23.9 Å². The van der Waals surface area contributed by atoms with Crippen LogP contribution in [0.4, 0.5) is 24.8 Å². The molecular weight excluding hydrogens is 890 g/mol. The molecule has 0 bridgehead atoms. The largest absolute Gasteiger partial charge is 0.493 e. The number of methoxy groups -OCH3 is 1. The van der Waals surface area contributed by atoms with Gasteiger partial charge >= 0.3 is 6.18 Å². The lowest BCUT2D eigenvalue weighted by Gasteiger charge is -2.33. The number of aromatic nitrogens is 4. The van der Waals surface area contributed by atoms with Crippen LogP contribution in [0.2, 0.25) is 0 Å². The van der Waals surface area contributed by atoms with Gasteiger partial charge in [0.15, 0.2) is 11.5 Å². The number of carbonyl (C=O) groups is 4. The minimum Gasteiger partial charge on any atom is -0.493 e. The number of ether oxygens (including phenoxy) is 2. The second-order valence-corrected chi connectivity index (χ2v) is 17.1. The third-order valence-corrected chi connectivity index (χ3v) is 12.5. The summed E-state index contributed by atoms with van der Waals surface area (Å²) in [6.07, 6.45) is -4.21. The number of fused-ring (bicyclic) bond motifs is 2. The van der Waals surface area contributed by atoms with E-state index in [1.54, 1.807) is 71.9 Å². The number of amides is 4. The number of anilines is 2. The Morgan fingerprint density at radius 2 is 1.28 bits per heavy atom. The van der Waals surface area contributed by atoms with Crippen molar-refractivity contribution in [2.45, 2.75) is 57.3 Å². The zero-order valence-corrected chi connectivity index (χ0v) is 38.1. The van der Waals surface area contributed by atoms with Crippen LogP contribution in [0.1, 0.15) is 82.9 Å². The predicted octanol–water partition coefficient (Wildman–Crippen LogP) is 7.95. The van der Waals surface area contributed by atoms with Crippen molar-refractivity contribution in [1.82, 2.24) is 30.2 Å². The average Bonchev–Trinajstić information content (AvgIpc) is 3.81. The van der Waals surface area contributed by atoms with Crippen molar-refractivity contribution in [1.29, 1.82) is 0 Å². The first-order valence-corrected chi connectivity index (χ1v) is 22.1. The van der Waals surface area contributed by atoms with Crippen molar-refractivity contribution in [2.24, 2.45) is 7.05 Å². The Balaban J connectivity index is 0.930. The number of carbonyl (C=O) groups excluding carboxylic acids is 4. The summed E-state index contributed by atoms with van der Waals surface area (Å²) in [7, 11) is 3.25. The third kappa shape index (κ3) is 9.02. The molecule has 0 saturated carbocycles. The first-order valence-electron chi connectivity index (χ1n) is 22.1. The SMILES string of the molecule is COc1cc(C2c3c(C)nn(C)c3NC(=O)C2NC(=O)c2cccc(C)c2)ccc1OCCc1cccc(C(=O)NC2C(=O)Nc3c(c(C)nn3-c3ccccc3)C2c2ccc(C(F)(F)F)cc2)c1. The van der Waals surface area contributed by atoms with Crippen LogP contribution in [0.15, 0.2) is 121 Å². The monoisotopic (exact) mass is 936 g/mol. The molecule has 0 radical (unpaired) electrons. The maximum absolute atomic E-state index is 14.1. The Morgan fingerprint density at radius 3 is 1.93 bits per heavy atom. The predicted molar refractivity (Wildman–Crippen MR) is 251 cm³/mol. The van der Waals surface area contributed by atoms with E-state index in [1.165, 1.54) is 19.2 Å². The summed E-state index contributed by atoms with van der Waals surface area (Å²) in [5, 5.41) is 20.9. The summed E-state index contributed by atoms with van der Waals surface area (Å²) in [5.74, 6) is -1.74. The van der Waals surface area contributed by atoms with E-state index in [2.05, 4.69) is 26.4 Å². The van der Waals surface area contributed by atoms with Crippen LogP contribution in [0.3, 0.4) is 0 Å². The number of halogens is 3. The van der Waals surface area contributed by atoms with Crippen molar-refractivity contribution < 1.29 is 41.8 Å². The van der Waals surface area contributed by atoms with Crippen LogP contribution in [-0.2, 0) is 29.2 Å². The first kappa shape index (κ1) is 45.9. The highest BCUT2D eigenvalue weighted by atomic mass is 19.4. The summed E-state index contributed by atoms with van der Waals surface area (Å²) in [5.41, 5.74) is 5.73. The van der Waals surface area contributed by atoms with E-state index in [1.807, 2.05) is 62.4 Å². The molecule has 2 aliphatic rings. The van der Waals surface area contributed by atoms with Gasteiger partial charge in [0.1, 0.15) is 23.7 Å². The summed E-state index contributed by atoms with van der Waals surface area (Å²) < 4.78 is 56.2. The number of aryl methyl sites for hydroxylation is 4. The van der Waals surface area contributed by atoms with Crippen LogP contribution in [0, 0.1) is 20.8 Å². The van der Waals surface area contributed by atoms with Gasteiger partial charge in [0.2, 0.25) is 11.8 Å². The number of rotatable bonds is 12. The molecule has 9 rings (SSSR count). The third-order valence-electron chi connectivity index (χ3n) is 12.5. The Bertz CT molecular complexity index is 3130. The van der Waals surface area contributed by atoms with Crippen LogP contribution < -0.4 is 30.7 Å². The molecule has 4 atom stereocenters. The molecule has 0 fully saturated rings. The average molecular weight is 937 g/mol. The molecule has 2 aromatic heterocycles. The molecule has 352 valence electrons. The maximum atomic E-state index is 14.1. The van der Waals surface area contributed by atoms with Crippen LogP contribution in [0.25, 0.3) is 5.69 Å². The highest BCUT2D eigenvalue weighted by Gasteiger charge is 2.44. The van der Waals surface area contributed by atoms with Crippen molar-refractivity contribution in [3.8, 4) is 17.2 Å². The van der Waals surface area contributed by atoms with Crippen molar-refractivity contribution in [3.63, 3.8) is 0 Å². The molecule has 17 heteroatoms. The molecule has 4 heterocycles. The van der Waals surface area contributed by atoms with Gasteiger partial charge in [-0.2, -0.15) is 23.4 Å². The molecule has 2 aliphatic heterocycles. The molecule has 0 aliphatic carbocycles. The van der Waals surface area contributed by atoms with Crippen molar-refractivity contribution in [3.05, 3.63) is 183 Å². The van der Waals surface area contributed by atoms with Gasteiger partial charge in [0.25, 0.3) is 11.8 Å². The van der Waals surface area contributed by atoms with E-state index < -0.39 is 59.3 Å². The Labute approximate surface area is 394 Å². The molecule has 69 heavy (non-hydrogen) atoms. The van der Waals surface area contributed by atoms with E-state index in [-0.39, 0.29) is 12.2 Å². The topological polar surface area (TPSA) is 170 Å². The molecule has 7 aromatic rings. The number of benzene rings is 5. The normalized spacial score (nSPS) is 17.5. The molecule has 14 nitrogen and oxygen atoms in total. The Morgan fingerprint density at radius 1 is 0.681 bits per heavy atom. The highest BCUT2D eigenvalue weighted by Crippen LogP contribution is 2.43. The second-order valence-electron chi connectivity index (χ2n) is 17.1. The van der Waals surface area contributed by atoms with Gasteiger partial charge < -0.3 is 30.7 Å². The number of nitrogens with zero attached hydrogens (tertiary/aromatic N) is 4. The minimum absolute atomic E-state index is 0.169. The van der Waals surface area contributed by atoms with Gasteiger partial charge in [0.05, 0.1) is 36.4 Å². The van der Waals surface area contributed by atoms with Crippen LogP contribution in [0.5, 0.6) is 11.5 Å². The summed E-state index contributed by atoms with van der Waals surface area (Å²) in [6.45, 7) is 5.65. The summed E-state index contributed by atoms with van der Waals surface area (Å²) in [4.78, 5) is 55.4. The van der Waals surface area contributed by atoms with E-state index in [4.69, 9.17) is 14.6 Å². The lowest BCUT2D eigenvalue weighted by Crippen LogP contribution is -2.50. The van der Waals surface area contributed by atoms with E-state index in [0.717, 1.165) is 28.8 Å². The maximum Gasteiger partial charge on any atom is 0.416 e. The quantitative estimate of drug-likeness (QED) is 0.0957. The minimum atomic E-state index is -4.57. The fourth-order valence-corrected chi connectivity index (χ4v) is 9.28. The summed E-state index contributed by atoms with van der Waals surface area (Å²) in [6, 6.07) is 30.8. The lowest BCUT2D eigenvalue weighted by atomic mass is 9.81. The number of hydrogen-bond donors (Lipinski definition) is 4. The summed E-state index contributed by atoms with van der Waals surface area (Å²) >= 11 is 0.